The number of nitriles is 1. The van der Waals surface area contributed by atoms with E-state index in [4.69, 9.17) is 35.8 Å². The molecule has 1 aromatic rings. The Kier molecular flexibility index (Phi) is 49.0. The number of nitrogens with zero attached hydrogens (tertiary/aromatic N) is 1. The van der Waals surface area contributed by atoms with E-state index in [1.54, 1.807) is 6.07 Å². The summed E-state index contributed by atoms with van der Waals surface area (Å²) in [5, 5.41) is 20.2. The number of aryl methyl sites for hydroxylation is 1. The monoisotopic (exact) mass is 687 g/mol. The van der Waals surface area contributed by atoms with E-state index >= 15 is 0 Å². The lowest BCUT2D eigenvalue weighted by Gasteiger charge is -2.21. The van der Waals surface area contributed by atoms with E-state index in [0.717, 1.165) is 38.6 Å². The van der Waals surface area contributed by atoms with Gasteiger partial charge in [0.05, 0.1) is 38.3 Å². The Morgan fingerprint density at radius 1 is 1.10 bits per heavy atom. The number of esters is 2. The topological polar surface area (TPSA) is 241 Å². The number of carbonyl (C=O) groups is 3. The van der Waals surface area contributed by atoms with Crippen LogP contribution in [0.3, 0.4) is 0 Å². The average molecular weight is 687 g/mol. The number of aliphatic hydroxyl groups excluding tert-OH is 1. The number of aliphatic hydroxyl groups is 1. The number of amides is 1. The number of nitrogens with two attached hydrogens (primary N) is 3. The molecule has 2 unspecified atom stereocenters. The maximum Gasteiger partial charge on any atom is 0.319 e. The van der Waals surface area contributed by atoms with Crippen molar-refractivity contribution in [1.29, 1.82) is 10.7 Å². The summed E-state index contributed by atoms with van der Waals surface area (Å²) in [6.07, 6.45) is 13.5. The van der Waals surface area contributed by atoms with E-state index in [1.165, 1.54) is 70.4 Å². The largest absolute Gasteiger partial charge is 0.468 e. The minimum absolute atomic E-state index is 0.0312. The second-order valence-electron chi connectivity index (χ2n) is 10.6. The number of ether oxygens (including phenoxy) is 3. The molecule has 2 atom stereocenters. The van der Waals surface area contributed by atoms with E-state index < -0.39 is 0 Å². The third kappa shape index (κ3) is 37.0. The van der Waals surface area contributed by atoms with E-state index in [1.807, 2.05) is 13.8 Å². The van der Waals surface area contributed by atoms with Crippen LogP contribution in [0.15, 0.2) is 12.1 Å². The lowest BCUT2D eigenvalue weighted by molar-refractivity contribution is -0.149. The number of carbonyl (C=O) groups excluding carboxylic acids is 3. The van der Waals surface area contributed by atoms with Gasteiger partial charge in [-0.05, 0) is 62.5 Å². The first-order chi connectivity index (χ1) is 23.1. The molecule has 1 aliphatic heterocycles. The molecule has 2 heterocycles. The molecule has 1 amide bonds. The second-order valence-corrected chi connectivity index (χ2v) is 10.6. The molecule has 0 bridgehead atoms. The van der Waals surface area contributed by atoms with Crippen molar-refractivity contribution in [2.45, 2.75) is 131 Å². The SMILES string of the molecule is CC.CC#N.CC(C)CCc1ccc(C2CCC(COC(=O)CC3CCCCC3)O2)[nH]1.CCC.CO.COC(=O)CN.N=CN.NC=O. The minimum atomic E-state index is -0.380. The summed E-state index contributed by atoms with van der Waals surface area (Å²) in [4.78, 5) is 34.0. The molecule has 13 heteroatoms. The number of hydrogen-bond donors (Lipinski definition) is 6. The molecule has 48 heavy (non-hydrogen) atoms. The number of aromatic amines is 1. The Labute approximate surface area is 291 Å². The predicted molar refractivity (Wildman–Crippen MR) is 194 cm³/mol. The van der Waals surface area contributed by atoms with Crippen LogP contribution < -0.4 is 17.2 Å². The van der Waals surface area contributed by atoms with Crippen LogP contribution in [0.25, 0.3) is 0 Å². The van der Waals surface area contributed by atoms with Crippen molar-refractivity contribution in [3.8, 4) is 6.07 Å². The summed E-state index contributed by atoms with van der Waals surface area (Å²) in [5.74, 6) is 0.837. The third-order valence-corrected chi connectivity index (χ3v) is 6.22. The van der Waals surface area contributed by atoms with Crippen molar-refractivity contribution < 1.29 is 33.7 Å². The number of primary amides is 1. The quantitative estimate of drug-likeness (QED) is 0.0802. The van der Waals surface area contributed by atoms with Crippen molar-refractivity contribution in [3.63, 3.8) is 0 Å². The summed E-state index contributed by atoms with van der Waals surface area (Å²) in [6.45, 7) is 14.6. The molecule has 1 aromatic heterocycles. The van der Waals surface area contributed by atoms with Crippen molar-refractivity contribution >= 4 is 24.7 Å². The molecule has 0 radical (unpaired) electrons. The molecule has 9 N–H and O–H groups in total. The van der Waals surface area contributed by atoms with Crippen LogP contribution in [0.4, 0.5) is 0 Å². The summed E-state index contributed by atoms with van der Waals surface area (Å²) >= 11 is 0. The molecular formula is C35H70N6O7. The zero-order chi connectivity index (χ0) is 38.2. The Hall–Kier alpha value is -3.47. The maximum absolute atomic E-state index is 12.1. The highest BCUT2D eigenvalue weighted by Gasteiger charge is 2.29. The molecule has 3 rings (SSSR count). The first-order valence-corrected chi connectivity index (χ1v) is 16.9. The zero-order valence-corrected chi connectivity index (χ0v) is 31.4. The van der Waals surface area contributed by atoms with Gasteiger partial charge in [0, 0.05) is 31.8 Å². The average Bonchev–Trinajstić information content (AvgIpc) is 3.77. The van der Waals surface area contributed by atoms with E-state index in [0.29, 0.717) is 18.9 Å². The Morgan fingerprint density at radius 3 is 2.02 bits per heavy atom. The summed E-state index contributed by atoms with van der Waals surface area (Å²) < 4.78 is 15.8. The molecular weight excluding hydrogens is 616 g/mol. The molecule has 13 nitrogen and oxygen atoms in total. The maximum atomic E-state index is 12.1. The van der Waals surface area contributed by atoms with Crippen LogP contribution >= 0.6 is 0 Å². The molecule has 1 saturated carbocycles. The molecule has 282 valence electrons. The molecule has 2 aliphatic rings. The van der Waals surface area contributed by atoms with Gasteiger partial charge in [0.15, 0.2) is 0 Å². The predicted octanol–water partition coefficient (Wildman–Crippen LogP) is 5.69. The third-order valence-electron chi connectivity index (χ3n) is 6.22. The van der Waals surface area contributed by atoms with E-state index in [2.05, 4.69) is 61.0 Å². The number of hydrogen-bond acceptors (Lipinski definition) is 10. The van der Waals surface area contributed by atoms with Crippen LogP contribution in [-0.2, 0) is 35.0 Å². The number of H-pyrrole nitrogens is 1. The fourth-order valence-corrected chi connectivity index (χ4v) is 4.25. The Balaban J connectivity index is -0.000000231. The summed E-state index contributed by atoms with van der Waals surface area (Å²) in [6, 6.07) is 6.08. The standard InChI is InChI=1S/C22H35NO3.C3H7NO2.C3H8.C2H3N.C2H6.CH4N2.CH3NO.CH4O/c1-16(2)8-9-18-10-12-20(23-18)21-13-11-19(26-21)15-25-22(24)14-17-6-4-3-5-7-17;1-6-3(5)2-4;1-3-2;1-2-3;1-2;2*2-1-3;1-2/h10,12,16-17,19,21,23H,3-9,11,13-15H2,1-2H3;2,4H2,1H3;3H2,1-2H3;1H3;1-2H3;1H,(H3,2,3);1H,(H2,2,3);2H,1H3. The van der Waals surface area contributed by atoms with Crippen LogP contribution in [0.5, 0.6) is 0 Å². The second kappa shape index (κ2) is 43.5. The molecule has 1 aliphatic carbocycles. The van der Waals surface area contributed by atoms with Gasteiger partial charge < -0.3 is 41.5 Å². The number of rotatable bonds is 9. The highest BCUT2D eigenvalue weighted by molar-refractivity contribution is 5.71. The summed E-state index contributed by atoms with van der Waals surface area (Å²) in [5.41, 5.74) is 15.8. The summed E-state index contributed by atoms with van der Waals surface area (Å²) in [7, 11) is 2.30. The highest BCUT2D eigenvalue weighted by atomic mass is 16.6. The fraction of sp³-hybridized carbons (Fsp3) is 0.743. The zero-order valence-electron chi connectivity index (χ0n) is 31.4. The lowest BCUT2D eigenvalue weighted by atomic mass is 9.87. The van der Waals surface area contributed by atoms with Crippen LogP contribution in [0, 0.1) is 28.6 Å². The van der Waals surface area contributed by atoms with Crippen LogP contribution in [0.1, 0.15) is 130 Å². The molecule has 0 spiro atoms. The van der Waals surface area contributed by atoms with Crippen LogP contribution in [-0.4, -0.2) is 68.3 Å². The van der Waals surface area contributed by atoms with Gasteiger partial charge in [0.25, 0.3) is 0 Å². The first-order valence-electron chi connectivity index (χ1n) is 16.9. The van der Waals surface area contributed by atoms with Gasteiger partial charge in [-0.3, -0.25) is 19.8 Å². The lowest BCUT2D eigenvalue weighted by Crippen LogP contribution is -2.20. The minimum Gasteiger partial charge on any atom is -0.468 e. The van der Waals surface area contributed by atoms with Crippen molar-refractivity contribution in [1.82, 2.24) is 4.98 Å². The Bertz CT molecular complexity index is 873. The van der Waals surface area contributed by atoms with Gasteiger partial charge in [0.2, 0.25) is 6.41 Å². The van der Waals surface area contributed by atoms with Gasteiger partial charge in [-0.2, -0.15) is 5.26 Å². The van der Waals surface area contributed by atoms with Gasteiger partial charge in [0.1, 0.15) is 6.61 Å². The first kappa shape index (κ1) is 54.0. The molecule has 1 saturated heterocycles. The number of methoxy groups -OCH3 is 1. The van der Waals surface area contributed by atoms with Gasteiger partial charge >= 0.3 is 11.9 Å². The van der Waals surface area contributed by atoms with Crippen molar-refractivity contribution in [2.24, 2.45) is 29.0 Å². The van der Waals surface area contributed by atoms with E-state index in [9.17, 15) is 9.59 Å². The van der Waals surface area contributed by atoms with E-state index in [-0.39, 0.29) is 37.1 Å². The molecule has 0 aromatic carbocycles. The van der Waals surface area contributed by atoms with Gasteiger partial charge in [-0.15, -0.1) is 0 Å². The van der Waals surface area contributed by atoms with Crippen molar-refractivity contribution in [2.75, 3.05) is 27.4 Å². The number of nitrogens with one attached hydrogen (secondary N) is 2. The smallest absolute Gasteiger partial charge is 0.319 e. The Morgan fingerprint density at radius 2 is 1.60 bits per heavy atom. The molecule has 2 fully saturated rings. The van der Waals surface area contributed by atoms with Gasteiger partial charge in [-0.1, -0.05) is 67.2 Å². The van der Waals surface area contributed by atoms with Crippen LogP contribution in [0.2, 0.25) is 0 Å². The number of aromatic nitrogens is 1. The highest BCUT2D eigenvalue weighted by Crippen LogP contribution is 2.33. The normalized spacial score (nSPS) is 15.4. The fourth-order valence-electron chi connectivity index (χ4n) is 4.25. The van der Waals surface area contributed by atoms with Gasteiger partial charge in [-0.25, -0.2) is 0 Å². The van der Waals surface area contributed by atoms with Crippen molar-refractivity contribution in [3.05, 3.63) is 23.5 Å².